The van der Waals surface area contributed by atoms with E-state index in [2.05, 4.69) is 22.1 Å². The van der Waals surface area contributed by atoms with Gasteiger partial charge >= 0.3 is 0 Å². The molecule has 27 heavy (non-hydrogen) atoms. The molecule has 2 aromatic carbocycles. The molecule has 3 aromatic rings. The molecule has 0 saturated heterocycles. The summed E-state index contributed by atoms with van der Waals surface area (Å²) in [7, 11) is 1.60. The topological polar surface area (TPSA) is 51.2 Å². The highest BCUT2D eigenvalue weighted by Crippen LogP contribution is 2.17. The number of nitrogens with zero attached hydrogens (tertiary/aromatic N) is 1. The number of pyridine rings is 1. The van der Waals surface area contributed by atoms with Crippen molar-refractivity contribution in [2.45, 2.75) is 19.4 Å². The van der Waals surface area contributed by atoms with E-state index in [1.807, 2.05) is 38.1 Å². The van der Waals surface area contributed by atoms with E-state index in [1.54, 1.807) is 25.3 Å². The van der Waals surface area contributed by atoms with Crippen molar-refractivity contribution in [1.29, 1.82) is 0 Å². The second kappa shape index (κ2) is 7.46. The van der Waals surface area contributed by atoms with E-state index in [9.17, 15) is 9.18 Å². The van der Waals surface area contributed by atoms with Crippen LogP contribution in [0.3, 0.4) is 0 Å². The van der Waals surface area contributed by atoms with Crippen LogP contribution < -0.4 is 10.1 Å². The molecule has 0 aliphatic carbocycles. The van der Waals surface area contributed by atoms with Crippen LogP contribution >= 0.6 is 0 Å². The summed E-state index contributed by atoms with van der Waals surface area (Å²) in [5.41, 5.74) is 0.617. The lowest BCUT2D eigenvalue weighted by Crippen LogP contribution is -2.42. The van der Waals surface area contributed by atoms with Crippen molar-refractivity contribution in [3.05, 3.63) is 71.7 Å². The van der Waals surface area contributed by atoms with Gasteiger partial charge in [-0.1, -0.05) is 30.0 Å². The molecular weight excluding hydrogens is 343 g/mol. The number of hydrogen-bond donors (Lipinski definition) is 1. The summed E-state index contributed by atoms with van der Waals surface area (Å²) in [5.74, 6) is 6.09. The molecule has 0 aliphatic heterocycles. The number of fused-ring (bicyclic) bond motifs is 1. The van der Waals surface area contributed by atoms with Gasteiger partial charge in [0.1, 0.15) is 17.1 Å². The Bertz CT molecular complexity index is 1060. The zero-order valence-electron chi connectivity index (χ0n) is 15.3. The van der Waals surface area contributed by atoms with Crippen LogP contribution in [-0.2, 0) is 0 Å². The lowest BCUT2D eigenvalue weighted by atomic mass is 10.0. The van der Waals surface area contributed by atoms with Gasteiger partial charge in [-0.25, -0.2) is 4.39 Å². The summed E-state index contributed by atoms with van der Waals surface area (Å²) in [6.45, 7) is 3.62. The van der Waals surface area contributed by atoms with Crippen LogP contribution in [0.4, 0.5) is 4.39 Å². The van der Waals surface area contributed by atoms with Crippen LogP contribution in [0.5, 0.6) is 5.75 Å². The maximum absolute atomic E-state index is 13.7. The smallest absolute Gasteiger partial charge is 0.254 e. The Labute approximate surface area is 157 Å². The molecule has 5 heteroatoms. The molecule has 1 aromatic heterocycles. The first-order chi connectivity index (χ1) is 12.9. The third kappa shape index (κ3) is 4.42. The number of aromatic nitrogens is 1. The monoisotopic (exact) mass is 362 g/mol. The molecule has 0 bridgehead atoms. The van der Waals surface area contributed by atoms with Crippen molar-refractivity contribution in [1.82, 2.24) is 10.3 Å². The molecule has 0 unspecified atom stereocenters. The summed E-state index contributed by atoms with van der Waals surface area (Å²) in [6.07, 6.45) is 1.37. The predicted molar refractivity (Wildman–Crippen MR) is 103 cm³/mol. The van der Waals surface area contributed by atoms with Crippen molar-refractivity contribution < 1.29 is 13.9 Å². The fraction of sp³-hybridized carbons (Fsp3) is 0.182. The standard InChI is InChI=1S/C22H19FN2O2/c1-22(2,11-10-15-6-4-8-18(12-15)27-3)25-21(26)17-13-16-7-5-9-19(23)20(16)24-14-17/h4-9,12-14H,1-3H3,(H,25,26). The van der Waals surface area contributed by atoms with E-state index in [-0.39, 0.29) is 11.4 Å². The molecule has 0 radical (unpaired) electrons. The van der Waals surface area contributed by atoms with E-state index < -0.39 is 11.4 Å². The molecule has 0 aliphatic rings. The number of rotatable bonds is 3. The highest BCUT2D eigenvalue weighted by Gasteiger charge is 2.19. The van der Waals surface area contributed by atoms with Crippen molar-refractivity contribution in [2.75, 3.05) is 7.11 Å². The van der Waals surface area contributed by atoms with Crippen LogP contribution in [0, 0.1) is 17.7 Å². The van der Waals surface area contributed by atoms with Gasteiger partial charge in [-0.2, -0.15) is 0 Å². The summed E-state index contributed by atoms with van der Waals surface area (Å²) >= 11 is 0. The minimum atomic E-state index is -0.767. The van der Waals surface area contributed by atoms with Gasteiger partial charge in [0.25, 0.3) is 5.91 Å². The third-order valence-corrected chi connectivity index (χ3v) is 3.94. The minimum Gasteiger partial charge on any atom is -0.497 e. The second-order valence-corrected chi connectivity index (χ2v) is 6.60. The fourth-order valence-electron chi connectivity index (χ4n) is 2.56. The van der Waals surface area contributed by atoms with Crippen LogP contribution in [0.25, 0.3) is 10.9 Å². The molecule has 0 atom stereocenters. The highest BCUT2D eigenvalue weighted by atomic mass is 19.1. The maximum atomic E-state index is 13.7. The van der Waals surface area contributed by atoms with Gasteiger partial charge in [0.15, 0.2) is 0 Å². The van der Waals surface area contributed by atoms with Crippen molar-refractivity contribution in [3.63, 3.8) is 0 Å². The summed E-state index contributed by atoms with van der Waals surface area (Å²) in [4.78, 5) is 16.6. The van der Waals surface area contributed by atoms with Gasteiger partial charge in [0.05, 0.1) is 18.2 Å². The van der Waals surface area contributed by atoms with Crippen LogP contribution in [0.1, 0.15) is 29.8 Å². The number of carbonyl (C=O) groups excluding carboxylic acids is 1. The van der Waals surface area contributed by atoms with Gasteiger partial charge in [0.2, 0.25) is 0 Å². The van der Waals surface area contributed by atoms with Gasteiger partial charge in [-0.3, -0.25) is 9.78 Å². The Balaban J connectivity index is 1.79. The Hall–Kier alpha value is -3.39. The summed E-state index contributed by atoms with van der Waals surface area (Å²) in [5, 5.41) is 3.45. The zero-order valence-corrected chi connectivity index (χ0v) is 15.3. The van der Waals surface area contributed by atoms with Gasteiger partial charge < -0.3 is 10.1 Å². The predicted octanol–water partition coefficient (Wildman–Crippen LogP) is 3.94. The van der Waals surface area contributed by atoms with Crippen LogP contribution in [0.15, 0.2) is 54.7 Å². The van der Waals surface area contributed by atoms with Crippen molar-refractivity contribution >= 4 is 16.8 Å². The van der Waals surface area contributed by atoms with Gasteiger partial charge in [0, 0.05) is 17.1 Å². The number of halogens is 1. The lowest BCUT2D eigenvalue weighted by molar-refractivity contribution is 0.0929. The van der Waals surface area contributed by atoms with Crippen molar-refractivity contribution in [2.24, 2.45) is 0 Å². The van der Waals surface area contributed by atoms with Crippen molar-refractivity contribution in [3.8, 4) is 17.6 Å². The average Bonchev–Trinajstić information content (AvgIpc) is 2.66. The van der Waals surface area contributed by atoms with E-state index in [0.717, 1.165) is 11.3 Å². The first-order valence-electron chi connectivity index (χ1n) is 8.42. The average molecular weight is 362 g/mol. The molecule has 4 nitrogen and oxygen atoms in total. The Morgan fingerprint density at radius 2 is 1.96 bits per heavy atom. The Morgan fingerprint density at radius 3 is 2.74 bits per heavy atom. The number of hydrogen-bond acceptors (Lipinski definition) is 3. The summed E-state index contributed by atoms with van der Waals surface area (Å²) < 4.78 is 18.9. The lowest BCUT2D eigenvalue weighted by Gasteiger charge is -2.20. The van der Waals surface area contributed by atoms with Crippen LogP contribution in [0.2, 0.25) is 0 Å². The molecule has 1 heterocycles. The molecule has 0 saturated carbocycles. The maximum Gasteiger partial charge on any atom is 0.254 e. The number of benzene rings is 2. The quantitative estimate of drug-likeness (QED) is 0.718. The van der Waals surface area contributed by atoms with E-state index in [1.165, 1.54) is 12.3 Å². The van der Waals surface area contributed by atoms with E-state index in [0.29, 0.717) is 10.9 Å². The largest absolute Gasteiger partial charge is 0.497 e. The molecule has 0 spiro atoms. The second-order valence-electron chi connectivity index (χ2n) is 6.60. The van der Waals surface area contributed by atoms with E-state index in [4.69, 9.17) is 4.74 Å². The number of nitrogens with one attached hydrogen (secondary N) is 1. The molecular formula is C22H19FN2O2. The molecule has 0 fully saturated rings. The number of methoxy groups -OCH3 is 1. The van der Waals surface area contributed by atoms with Crippen LogP contribution in [-0.4, -0.2) is 23.5 Å². The Kier molecular flexibility index (Phi) is 5.09. The normalized spacial score (nSPS) is 10.8. The number of carbonyl (C=O) groups is 1. The zero-order chi connectivity index (χ0) is 19.4. The molecule has 3 rings (SSSR count). The third-order valence-electron chi connectivity index (χ3n) is 3.94. The number of amides is 1. The number of para-hydroxylation sites is 1. The van der Waals surface area contributed by atoms with Gasteiger partial charge in [-0.15, -0.1) is 0 Å². The minimum absolute atomic E-state index is 0.242. The fourth-order valence-corrected chi connectivity index (χ4v) is 2.56. The Morgan fingerprint density at radius 1 is 1.19 bits per heavy atom. The van der Waals surface area contributed by atoms with Gasteiger partial charge in [-0.05, 0) is 44.2 Å². The molecule has 1 amide bonds. The SMILES string of the molecule is COc1cccc(C#CC(C)(C)NC(=O)c2cnc3c(F)cccc3c2)c1. The van der Waals surface area contributed by atoms with E-state index >= 15 is 0 Å². The highest BCUT2D eigenvalue weighted by molar-refractivity contribution is 5.97. The first-order valence-corrected chi connectivity index (χ1v) is 8.42. The molecule has 1 N–H and O–H groups in total. The number of ether oxygens (including phenoxy) is 1. The summed E-state index contributed by atoms with van der Waals surface area (Å²) in [6, 6.07) is 13.7. The first kappa shape index (κ1) is 18.4. The molecule has 136 valence electrons.